The van der Waals surface area contributed by atoms with Gasteiger partial charge in [0.15, 0.2) is 11.5 Å². The number of carbonyl (C=O) groups excluding carboxylic acids is 3. The SMILES string of the molecule is COC(=O)c1ccc(CN2C(=O)NC(C)(c3ccc4c(c3)OCCO4)C2=O)cc1. The van der Waals surface area contributed by atoms with Gasteiger partial charge in [0.2, 0.25) is 0 Å². The molecule has 2 aliphatic rings. The Morgan fingerprint density at radius 1 is 1.10 bits per heavy atom. The Balaban J connectivity index is 1.56. The van der Waals surface area contributed by atoms with Crippen molar-refractivity contribution in [2.45, 2.75) is 19.0 Å². The number of rotatable bonds is 4. The molecule has 2 aliphatic heterocycles. The first-order chi connectivity index (χ1) is 13.9. The number of hydrogen-bond donors (Lipinski definition) is 1. The zero-order valence-corrected chi connectivity index (χ0v) is 16.1. The third kappa shape index (κ3) is 3.26. The van der Waals surface area contributed by atoms with E-state index in [1.807, 2.05) is 0 Å². The maximum absolute atomic E-state index is 13.1. The van der Waals surface area contributed by atoms with Gasteiger partial charge in [0.25, 0.3) is 5.91 Å². The first-order valence-corrected chi connectivity index (χ1v) is 9.14. The summed E-state index contributed by atoms with van der Waals surface area (Å²) >= 11 is 0. The lowest BCUT2D eigenvalue weighted by Gasteiger charge is -2.25. The Labute approximate surface area is 167 Å². The van der Waals surface area contributed by atoms with Gasteiger partial charge < -0.3 is 19.5 Å². The smallest absolute Gasteiger partial charge is 0.337 e. The second-order valence-corrected chi connectivity index (χ2v) is 6.99. The Hall–Kier alpha value is -3.55. The fourth-order valence-electron chi connectivity index (χ4n) is 3.44. The van der Waals surface area contributed by atoms with Crippen molar-refractivity contribution in [1.29, 1.82) is 0 Å². The summed E-state index contributed by atoms with van der Waals surface area (Å²) in [5, 5.41) is 2.78. The van der Waals surface area contributed by atoms with E-state index in [0.29, 0.717) is 41.4 Å². The minimum Gasteiger partial charge on any atom is -0.486 e. The number of urea groups is 1. The summed E-state index contributed by atoms with van der Waals surface area (Å²) in [6.07, 6.45) is 0. The van der Waals surface area contributed by atoms with E-state index in [-0.39, 0.29) is 12.5 Å². The molecule has 1 saturated heterocycles. The van der Waals surface area contributed by atoms with Crippen LogP contribution in [0.2, 0.25) is 0 Å². The number of methoxy groups -OCH3 is 1. The van der Waals surface area contributed by atoms with Crippen LogP contribution in [-0.2, 0) is 21.6 Å². The van der Waals surface area contributed by atoms with Crippen LogP contribution in [0.25, 0.3) is 0 Å². The molecule has 0 saturated carbocycles. The molecule has 1 atom stereocenters. The number of benzene rings is 2. The summed E-state index contributed by atoms with van der Waals surface area (Å²) in [6, 6.07) is 11.3. The van der Waals surface area contributed by atoms with Gasteiger partial charge in [-0.1, -0.05) is 18.2 Å². The van der Waals surface area contributed by atoms with E-state index in [2.05, 4.69) is 10.1 Å². The molecule has 1 fully saturated rings. The van der Waals surface area contributed by atoms with Gasteiger partial charge in [0, 0.05) is 0 Å². The van der Waals surface area contributed by atoms with E-state index in [1.165, 1.54) is 7.11 Å². The second kappa shape index (κ2) is 7.12. The average molecular weight is 396 g/mol. The molecular formula is C21H20N2O6. The topological polar surface area (TPSA) is 94.2 Å². The maximum atomic E-state index is 13.1. The van der Waals surface area contributed by atoms with Crippen molar-refractivity contribution in [3.63, 3.8) is 0 Å². The van der Waals surface area contributed by atoms with Gasteiger partial charge in [0.05, 0.1) is 19.2 Å². The van der Waals surface area contributed by atoms with Gasteiger partial charge >= 0.3 is 12.0 Å². The Morgan fingerprint density at radius 2 is 1.79 bits per heavy atom. The largest absolute Gasteiger partial charge is 0.486 e. The highest BCUT2D eigenvalue weighted by molar-refractivity contribution is 6.07. The van der Waals surface area contributed by atoms with Crippen molar-refractivity contribution in [2.75, 3.05) is 20.3 Å². The van der Waals surface area contributed by atoms with Crippen LogP contribution in [0.3, 0.4) is 0 Å². The molecular weight excluding hydrogens is 376 g/mol. The molecule has 1 unspecified atom stereocenters. The summed E-state index contributed by atoms with van der Waals surface area (Å²) in [7, 11) is 1.31. The number of nitrogens with one attached hydrogen (secondary N) is 1. The molecule has 3 amide bonds. The normalized spacial score (nSPS) is 20.4. The zero-order chi connectivity index (χ0) is 20.6. The molecule has 0 bridgehead atoms. The van der Waals surface area contributed by atoms with Crippen LogP contribution in [0.5, 0.6) is 11.5 Å². The lowest BCUT2D eigenvalue weighted by Crippen LogP contribution is -2.41. The highest BCUT2D eigenvalue weighted by atomic mass is 16.6. The fourth-order valence-corrected chi connectivity index (χ4v) is 3.44. The van der Waals surface area contributed by atoms with Crippen molar-refractivity contribution in [3.8, 4) is 11.5 Å². The molecule has 4 rings (SSSR count). The predicted molar refractivity (Wildman–Crippen MR) is 102 cm³/mol. The van der Waals surface area contributed by atoms with Crippen LogP contribution >= 0.6 is 0 Å². The molecule has 8 heteroatoms. The first kappa shape index (κ1) is 18.8. The Kier molecular flexibility index (Phi) is 4.62. The molecule has 0 aromatic heterocycles. The highest BCUT2D eigenvalue weighted by Crippen LogP contribution is 2.37. The van der Waals surface area contributed by atoms with Crippen LogP contribution in [0.4, 0.5) is 4.79 Å². The van der Waals surface area contributed by atoms with E-state index in [1.54, 1.807) is 49.4 Å². The van der Waals surface area contributed by atoms with Crippen molar-refractivity contribution >= 4 is 17.9 Å². The van der Waals surface area contributed by atoms with Gasteiger partial charge in [-0.25, -0.2) is 9.59 Å². The summed E-state index contributed by atoms with van der Waals surface area (Å²) < 4.78 is 15.8. The molecule has 2 aromatic rings. The number of nitrogens with zero attached hydrogens (tertiary/aromatic N) is 1. The maximum Gasteiger partial charge on any atom is 0.337 e. The van der Waals surface area contributed by atoms with Crippen molar-refractivity contribution in [1.82, 2.24) is 10.2 Å². The quantitative estimate of drug-likeness (QED) is 0.629. The van der Waals surface area contributed by atoms with Gasteiger partial charge in [-0.05, 0) is 42.3 Å². The lowest BCUT2D eigenvalue weighted by atomic mass is 9.91. The van der Waals surface area contributed by atoms with E-state index in [0.717, 1.165) is 4.90 Å². The molecule has 0 radical (unpaired) electrons. The number of esters is 1. The van der Waals surface area contributed by atoms with Crippen LogP contribution in [0.15, 0.2) is 42.5 Å². The fraction of sp³-hybridized carbons (Fsp3) is 0.286. The lowest BCUT2D eigenvalue weighted by molar-refractivity contribution is -0.131. The van der Waals surface area contributed by atoms with E-state index < -0.39 is 17.5 Å². The van der Waals surface area contributed by atoms with Crippen molar-refractivity contribution in [3.05, 3.63) is 59.2 Å². The van der Waals surface area contributed by atoms with Gasteiger partial charge in [-0.2, -0.15) is 0 Å². The number of carbonyl (C=O) groups is 3. The third-order valence-corrected chi connectivity index (χ3v) is 5.11. The minimum absolute atomic E-state index is 0.0895. The van der Waals surface area contributed by atoms with Crippen LogP contribution in [0, 0.1) is 0 Å². The van der Waals surface area contributed by atoms with Crippen molar-refractivity contribution in [2.24, 2.45) is 0 Å². The number of amides is 3. The number of fused-ring (bicyclic) bond motifs is 1. The van der Waals surface area contributed by atoms with Gasteiger partial charge in [-0.15, -0.1) is 0 Å². The number of ether oxygens (including phenoxy) is 3. The molecule has 2 heterocycles. The van der Waals surface area contributed by atoms with Crippen LogP contribution in [0.1, 0.15) is 28.4 Å². The van der Waals surface area contributed by atoms with Gasteiger partial charge in [0.1, 0.15) is 18.8 Å². The second-order valence-electron chi connectivity index (χ2n) is 6.99. The molecule has 29 heavy (non-hydrogen) atoms. The molecule has 2 aromatic carbocycles. The van der Waals surface area contributed by atoms with E-state index in [4.69, 9.17) is 9.47 Å². The monoisotopic (exact) mass is 396 g/mol. The number of imide groups is 1. The average Bonchev–Trinajstić information content (AvgIpc) is 2.97. The highest BCUT2D eigenvalue weighted by Gasteiger charge is 2.49. The van der Waals surface area contributed by atoms with E-state index in [9.17, 15) is 14.4 Å². The molecule has 8 nitrogen and oxygen atoms in total. The van der Waals surface area contributed by atoms with Gasteiger partial charge in [-0.3, -0.25) is 9.69 Å². The summed E-state index contributed by atoms with van der Waals surface area (Å²) in [5.41, 5.74) is 0.518. The molecule has 1 N–H and O–H groups in total. The Morgan fingerprint density at radius 3 is 2.48 bits per heavy atom. The van der Waals surface area contributed by atoms with Crippen LogP contribution < -0.4 is 14.8 Å². The third-order valence-electron chi connectivity index (χ3n) is 5.11. The minimum atomic E-state index is -1.21. The summed E-state index contributed by atoms with van der Waals surface area (Å²) in [5.74, 6) is 0.353. The van der Waals surface area contributed by atoms with Crippen LogP contribution in [-0.4, -0.2) is 43.1 Å². The molecule has 150 valence electrons. The number of hydrogen-bond acceptors (Lipinski definition) is 6. The van der Waals surface area contributed by atoms with E-state index >= 15 is 0 Å². The predicted octanol–water partition coefficient (Wildman–Crippen LogP) is 2.21. The Bertz CT molecular complexity index is 987. The standard InChI is InChI=1S/C21H20N2O6/c1-21(15-7-8-16-17(11-15)29-10-9-28-16)19(25)23(20(26)22-21)12-13-3-5-14(6-4-13)18(24)27-2/h3-8,11H,9-10,12H2,1-2H3,(H,22,26). The summed E-state index contributed by atoms with van der Waals surface area (Å²) in [4.78, 5) is 38.4. The molecule has 0 spiro atoms. The summed E-state index contributed by atoms with van der Waals surface area (Å²) in [6.45, 7) is 2.66. The first-order valence-electron chi connectivity index (χ1n) is 9.14. The molecule has 0 aliphatic carbocycles. The zero-order valence-electron chi connectivity index (χ0n) is 16.1. The van der Waals surface area contributed by atoms with Crippen molar-refractivity contribution < 1.29 is 28.6 Å².